The lowest BCUT2D eigenvalue weighted by molar-refractivity contribution is -0.583. The van der Waals surface area contributed by atoms with Gasteiger partial charge in [-0.2, -0.15) is 0 Å². The van der Waals surface area contributed by atoms with Crippen LogP contribution in [0.5, 0.6) is 0 Å². The molecule has 5 aliphatic carbocycles. The van der Waals surface area contributed by atoms with E-state index in [-0.39, 0.29) is 28.7 Å². The van der Waals surface area contributed by atoms with E-state index in [1.54, 1.807) is 0 Å². The van der Waals surface area contributed by atoms with E-state index in [1.807, 2.05) is 24.7 Å². The second kappa shape index (κ2) is 5.07. The molecule has 0 radical (unpaired) electrons. The normalized spacial score (nSPS) is 35.8. The molecule has 0 saturated heterocycles. The number of rotatable bonds is 4. The molecule has 4 bridgehead atoms. The first-order valence-electron chi connectivity index (χ1n) is 9.73. The second-order valence-corrected chi connectivity index (χ2v) is 8.68. The summed E-state index contributed by atoms with van der Waals surface area (Å²) in [5.41, 5.74) is 4.13. The van der Waals surface area contributed by atoms with Crippen molar-refractivity contribution >= 4 is 0 Å². The molecule has 4 atom stereocenters. The summed E-state index contributed by atoms with van der Waals surface area (Å²) in [5.74, 6) is 0.540. The molecule has 6 nitrogen and oxygen atoms in total. The van der Waals surface area contributed by atoms with Crippen molar-refractivity contribution in [1.82, 2.24) is 9.55 Å². The van der Waals surface area contributed by atoms with Crippen molar-refractivity contribution in [2.45, 2.75) is 43.4 Å². The number of aliphatic hydroxyl groups excluding tert-OH is 1. The number of imidazole rings is 1. The third-order valence-corrected chi connectivity index (χ3v) is 7.60. The van der Waals surface area contributed by atoms with Crippen LogP contribution in [0.4, 0.5) is 0 Å². The SMILES string of the molecule is O=[N+]([O-])C12CC=C3C(C1)C(C(O)CC1c4ccccc4-c4cncn41)C3C2. The molecule has 8 rings (SSSR count). The monoisotopic (exact) mass is 363 g/mol. The Labute approximate surface area is 156 Å². The molecule has 4 unspecified atom stereocenters. The summed E-state index contributed by atoms with van der Waals surface area (Å²) >= 11 is 0. The van der Waals surface area contributed by atoms with Crippen molar-refractivity contribution in [2.75, 3.05) is 0 Å². The van der Waals surface area contributed by atoms with Gasteiger partial charge in [-0.05, 0) is 29.7 Å². The predicted molar refractivity (Wildman–Crippen MR) is 98.6 cm³/mol. The van der Waals surface area contributed by atoms with Gasteiger partial charge in [0, 0.05) is 29.7 Å². The first kappa shape index (κ1) is 15.6. The average Bonchev–Trinajstić information content (AvgIpc) is 3.25. The number of fused-ring (bicyclic) bond motifs is 4. The van der Waals surface area contributed by atoms with Gasteiger partial charge in [-0.15, -0.1) is 0 Å². The Morgan fingerprint density at radius 3 is 2.89 bits per heavy atom. The zero-order chi connectivity index (χ0) is 18.3. The zero-order valence-electron chi connectivity index (χ0n) is 14.9. The minimum atomic E-state index is -0.773. The number of aromatic nitrogens is 2. The number of allylic oxidation sites excluding steroid dienone is 1. The number of hydrogen-bond donors (Lipinski definition) is 1. The molecule has 1 aromatic heterocycles. The van der Waals surface area contributed by atoms with E-state index in [4.69, 9.17) is 0 Å². The molecular formula is C21H21N3O3. The van der Waals surface area contributed by atoms with E-state index < -0.39 is 11.6 Å². The number of nitrogens with zero attached hydrogens (tertiary/aromatic N) is 3. The van der Waals surface area contributed by atoms with Gasteiger partial charge in [0.1, 0.15) is 0 Å². The molecule has 3 fully saturated rings. The summed E-state index contributed by atoms with van der Waals surface area (Å²) in [6.07, 6.45) is 7.77. The molecule has 0 amide bonds. The Kier molecular flexibility index (Phi) is 2.93. The van der Waals surface area contributed by atoms with Crippen molar-refractivity contribution in [3.05, 3.63) is 64.1 Å². The van der Waals surface area contributed by atoms with Crippen LogP contribution >= 0.6 is 0 Å². The van der Waals surface area contributed by atoms with Gasteiger partial charge in [-0.25, -0.2) is 4.98 Å². The van der Waals surface area contributed by atoms with Gasteiger partial charge in [0.05, 0.1) is 30.4 Å². The van der Waals surface area contributed by atoms with Crippen LogP contribution in [0.2, 0.25) is 0 Å². The molecule has 2 heterocycles. The maximum Gasteiger partial charge on any atom is 0.226 e. The highest BCUT2D eigenvalue weighted by Gasteiger charge is 2.65. The topological polar surface area (TPSA) is 81.2 Å². The average molecular weight is 363 g/mol. The van der Waals surface area contributed by atoms with Crippen LogP contribution in [0.25, 0.3) is 11.3 Å². The Balaban J connectivity index is 1.28. The Morgan fingerprint density at radius 1 is 1.33 bits per heavy atom. The van der Waals surface area contributed by atoms with Gasteiger partial charge < -0.3 is 9.67 Å². The van der Waals surface area contributed by atoms with Crippen molar-refractivity contribution in [3.8, 4) is 11.3 Å². The molecule has 138 valence electrons. The third kappa shape index (κ3) is 1.86. The fourth-order valence-electron chi connectivity index (χ4n) is 6.39. The molecular weight excluding hydrogens is 342 g/mol. The predicted octanol–water partition coefficient (Wildman–Crippen LogP) is 3.21. The van der Waals surface area contributed by atoms with Gasteiger partial charge in [-0.3, -0.25) is 10.1 Å². The number of nitro groups is 1. The highest BCUT2D eigenvalue weighted by molar-refractivity contribution is 5.68. The van der Waals surface area contributed by atoms with Crippen LogP contribution in [-0.2, 0) is 0 Å². The lowest BCUT2D eigenvalue weighted by Gasteiger charge is -2.60. The van der Waals surface area contributed by atoms with Crippen LogP contribution in [0, 0.1) is 27.9 Å². The molecule has 6 heteroatoms. The summed E-state index contributed by atoms with van der Waals surface area (Å²) in [6.45, 7) is 0. The maximum absolute atomic E-state index is 11.6. The fourth-order valence-corrected chi connectivity index (χ4v) is 6.39. The van der Waals surface area contributed by atoms with Gasteiger partial charge >= 0.3 is 0 Å². The molecule has 6 aliphatic rings. The van der Waals surface area contributed by atoms with Gasteiger partial charge in [-0.1, -0.05) is 35.9 Å². The van der Waals surface area contributed by atoms with Crippen LogP contribution in [0.3, 0.4) is 0 Å². The Hall–Kier alpha value is -2.47. The third-order valence-electron chi connectivity index (χ3n) is 7.60. The fraction of sp³-hybridized carbons (Fsp3) is 0.476. The van der Waals surface area contributed by atoms with Crippen LogP contribution < -0.4 is 0 Å². The highest BCUT2D eigenvalue weighted by Crippen LogP contribution is 2.64. The molecule has 1 aromatic carbocycles. The van der Waals surface area contributed by atoms with Crippen LogP contribution in [0.15, 0.2) is 48.4 Å². The lowest BCUT2D eigenvalue weighted by Crippen LogP contribution is -2.62. The summed E-state index contributed by atoms with van der Waals surface area (Å²) < 4.78 is 2.16. The van der Waals surface area contributed by atoms with Crippen LogP contribution in [-0.4, -0.2) is 31.2 Å². The minimum absolute atomic E-state index is 0.0625. The zero-order valence-corrected chi connectivity index (χ0v) is 14.9. The van der Waals surface area contributed by atoms with Crippen LogP contribution in [0.1, 0.15) is 37.3 Å². The van der Waals surface area contributed by atoms with Gasteiger partial charge in [0.25, 0.3) is 0 Å². The van der Waals surface area contributed by atoms with E-state index in [0.717, 1.165) is 5.69 Å². The van der Waals surface area contributed by atoms with Gasteiger partial charge in [0.2, 0.25) is 5.54 Å². The number of aliphatic hydroxyl groups is 1. The number of hydrogen-bond acceptors (Lipinski definition) is 4. The van der Waals surface area contributed by atoms with E-state index in [0.29, 0.717) is 25.7 Å². The molecule has 3 saturated carbocycles. The van der Waals surface area contributed by atoms with E-state index in [2.05, 4.69) is 27.8 Å². The van der Waals surface area contributed by atoms with Crippen molar-refractivity contribution in [2.24, 2.45) is 17.8 Å². The molecule has 2 aromatic rings. The Morgan fingerprint density at radius 2 is 2.11 bits per heavy atom. The van der Waals surface area contributed by atoms with E-state index in [9.17, 15) is 15.2 Å². The smallest absolute Gasteiger partial charge is 0.226 e. The lowest BCUT2D eigenvalue weighted by atomic mass is 9.44. The van der Waals surface area contributed by atoms with Crippen molar-refractivity contribution in [1.29, 1.82) is 0 Å². The van der Waals surface area contributed by atoms with E-state index in [1.165, 1.54) is 16.7 Å². The quantitative estimate of drug-likeness (QED) is 0.514. The summed E-state index contributed by atoms with van der Waals surface area (Å²) in [6, 6.07) is 8.41. The second-order valence-electron chi connectivity index (χ2n) is 8.68. The van der Waals surface area contributed by atoms with Crippen molar-refractivity contribution < 1.29 is 10.0 Å². The number of benzene rings is 1. The molecule has 27 heavy (non-hydrogen) atoms. The van der Waals surface area contributed by atoms with Gasteiger partial charge in [0.15, 0.2) is 0 Å². The highest BCUT2D eigenvalue weighted by atomic mass is 16.6. The standard InChI is InChI=1S/C21H21N3O3/c25-19(20-15-8-21(24(26)27)6-5-12(15)16(20)9-21)7-17-13-3-1-2-4-14(13)18-10-22-11-23(17)18/h1-5,10-11,15-17,19-20,25H,6-9H2. The van der Waals surface area contributed by atoms with E-state index >= 15 is 0 Å². The first-order chi connectivity index (χ1) is 13.1. The first-order valence-corrected chi connectivity index (χ1v) is 9.73. The molecule has 1 aliphatic heterocycles. The minimum Gasteiger partial charge on any atom is -0.393 e. The Bertz CT molecular complexity index is 978. The molecule has 1 N–H and O–H groups in total. The van der Waals surface area contributed by atoms with Crippen molar-refractivity contribution in [3.63, 3.8) is 0 Å². The molecule has 0 spiro atoms. The maximum atomic E-state index is 11.6. The summed E-state index contributed by atoms with van der Waals surface area (Å²) in [5, 5.41) is 22.7. The summed E-state index contributed by atoms with van der Waals surface area (Å²) in [7, 11) is 0. The summed E-state index contributed by atoms with van der Waals surface area (Å²) in [4.78, 5) is 15.8. The largest absolute Gasteiger partial charge is 0.393 e.